The molecule has 0 aromatic heterocycles. The van der Waals surface area contributed by atoms with E-state index < -0.39 is 4.92 Å². The highest BCUT2D eigenvalue weighted by Crippen LogP contribution is 2.33. The Morgan fingerprint density at radius 2 is 1.92 bits per heavy atom. The number of nitro benzene ring substituents is 1. The summed E-state index contributed by atoms with van der Waals surface area (Å²) in [5.74, 6) is 0.751. The number of rotatable bonds is 8. The van der Waals surface area contributed by atoms with Crippen LogP contribution in [0, 0.1) is 10.1 Å². The van der Waals surface area contributed by atoms with Gasteiger partial charge in [0, 0.05) is 29.8 Å². The monoisotopic (exact) mass is 356 g/mol. The van der Waals surface area contributed by atoms with Crippen LogP contribution in [-0.2, 0) is 13.0 Å². The molecule has 0 aliphatic rings. The van der Waals surface area contributed by atoms with Gasteiger partial charge < -0.3 is 14.8 Å². The fraction of sp³-hybridized carbons (Fsp3) is 0.211. The van der Waals surface area contributed by atoms with E-state index >= 15 is 0 Å². The van der Waals surface area contributed by atoms with Crippen LogP contribution in [0.25, 0.3) is 0 Å². The molecule has 136 valence electrons. The van der Waals surface area contributed by atoms with Gasteiger partial charge in [0.1, 0.15) is 0 Å². The van der Waals surface area contributed by atoms with E-state index in [1.54, 1.807) is 37.5 Å². The topological polar surface area (TPSA) is 90.7 Å². The van der Waals surface area contributed by atoms with Crippen molar-refractivity contribution >= 4 is 11.6 Å². The molecule has 0 radical (unpaired) electrons. The van der Waals surface area contributed by atoms with Crippen LogP contribution < -0.4 is 14.8 Å². The Hall–Kier alpha value is -3.35. The zero-order valence-corrected chi connectivity index (χ0v) is 14.7. The Balaban J connectivity index is 2.16. The molecular weight excluding hydrogens is 336 g/mol. The average Bonchev–Trinajstić information content (AvgIpc) is 2.65. The number of carbonyl (C=O) groups is 1. The number of non-ortho nitro benzene ring substituents is 1. The van der Waals surface area contributed by atoms with E-state index in [2.05, 4.69) is 11.9 Å². The van der Waals surface area contributed by atoms with Gasteiger partial charge in [0.15, 0.2) is 11.5 Å². The van der Waals surface area contributed by atoms with Crippen LogP contribution in [0.15, 0.2) is 49.1 Å². The SMILES string of the molecule is C=CCc1cc(C(=O)NCc2ccc([N+](=O)[O-])cc2)cc(OC)c1OC. The smallest absolute Gasteiger partial charge is 0.269 e. The van der Waals surface area contributed by atoms with Crippen molar-refractivity contribution in [2.75, 3.05) is 14.2 Å². The van der Waals surface area contributed by atoms with Gasteiger partial charge >= 0.3 is 0 Å². The van der Waals surface area contributed by atoms with E-state index in [0.717, 1.165) is 11.1 Å². The van der Waals surface area contributed by atoms with E-state index in [1.807, 2.05) is 0 Å². The molecule has 0 heterocycles. The number of benzene rings is 2. The van der Waals surface area contributed by atoms with Crippen molar-refractivity contribution in [3.05, 3.63) is 75.9 Å². The number of carbonyl (C=O) groups excluding carboxylic acids is 1. The standard InChI is InChI=1S/C19H20N2O5/c1-4-5-14-10-15(11-17(25-2)18(14)26-3)19(22)20-12-13-6-8-16(9-7-13)21(23)24/h4,6-11H,1,5,12H2,2-3H3,(H,20,22). The molecule has 7 nitrogen and oxygen atoms in total. The second-order valence-electron chi connectivity index (χ2n) is 5.47. The van der Waals surface area contributed by atoms with E-state index in [1.165, 1.54) is 19.2 Å². The number of nitrogens with one attached hydrogen (secondary N) is 1. The van der Waals surface area contributed by atoms with Gasteiger partial charge in [-0.05, 0) is 24.1 Å². The Morgan fingerprint density at radius 3 is 2.46 bits per heavy atom. The lowest BCUT2D eigenvalue weighted by Crippen LogP contribution is -2.23. The molecule has 0 saturated carbocycles. The second-order valence-corrected chi connectivity index (χ2v) is 5.47. The molecule has 0 spiro atoms. The number of ether oxygens (including phenoxy) is 2. The van der Waals surface area contributed by atoms with Crippen LogP contribution in [0.4, 0.5) is 5.69 Å². The van der Waals surface area contributed by atoms with E-state index in [-0.39, 0.29) is 18.1 Å². The molecule has 0 atom stereocenters. The summed E-state index contributed by atoms with van der Waals surface area (Å²) in [5, 5.41) is 13.5. The first kappa shape index (κ1) is 19.0. The molecule has 0 bridgehead atoms. The Morgan fingerprint density at radius 1 is 1.23 bits per heavy atom. The minimum Gasteiger partial charge on any atom is -0.493 e. The molecule has 2 aromatic rings. The lowest BCUT2D eigenvalue weighted by atomic mass is 10.0. The normalized spacial score (nSPS) is 10.1. The fourth-order valence-electron chi connectivity index (χ4n) is 2.50. The third kappa shape index (κ3) is 4.38. The van der Waals surface area contributed by atoms with Gasteiger partial charge in [-0.1, -0.05) is 18.2 Å². The van der Waals surface area contributed by atoms with Crippen molar-refractivity contribution in [3.8, 4) is 11.5 Å². The second kappa shape index (κ2) is 8.66. The number of allylic oxidation sites excluding steroid dienone is 1. The first-order valence-electron chi connectivity index (χ1n) is 7.87. The molecule has 1 amide bonds. The molecule has 2 aromatic carbocycles. The highest BCUT2D eigenvalue weighted by Gasteiger charge is 2.15. The number of nitrogens with zero attached hydrogens (tertiary/aromatic N) is 1. The third-order valence-electron chi connectivity index (χ3n) is 3.78. The molecule has 0 unspecified atom stereocenters. The minimum absolute atomic E-state index is 0.00836. The van der Waals surface area contributed by atoms with Crippen LogP contribution in [0.2, 0.25) is 0 Å². The van der Waals surface area contributed by atoms with Crippen LogP contribution in [0.1, 0.15) is 21.5 Å². The summed E-state index contributed by atoms with van der Waals surface area (Å²) < 4.78 is 10.7. The van der Waals surface area contributed by atoms with Gasteiger partial charge in [-0.15, -0.1) is 6.58 Å². The number of nitro groups is 1. The number of methoxy groups -OCH3 is 2. The maximum absolute atomic E-state index is 12.5. The van der Waals surface area contributed by atoms with Crippen LogP contribution in [0.3, 0.4) is 0 Å². The van der Waals surface area contributed by atoms with Crippen LogP contribution in [0.5, 0.6) is 11.5 Å². The van der Waals surface area contributed by atoms with E-state index in [4.69, 9.17) is 9.47 Å². The molecule has 0 aliphatic carbocycles. The highest BCUT2D eigenvalue weighted by molar-refractivity contribution is 5.95. The molecule has 1 N–H and O–H groups in total. The Kier molecular flexibility index (Phi) is 6.32. The zero-order chi connectivity index (χ0) is 19.1. The molecule has 0 fully saturated rings. The van der Waals surface area contributed by atoms with Crippen molar-refractivity contribution in [1.29, 1.82) is 0 Å². The molecule has 7 heteroatoms. The van der Waals surface area contributed by atoms with Gasteiger partial charge in [-0.3, -0.25) is 14.9 Å². The summed E-state index contributed by atoms with van der Waals surface area (Å²) in [4.78, 5) is 22.7. The first-order valence-corrected chi connectivity index (χ1v) is 7.87. The number of amides is 1. The average molecular weight is 356 g/mol. The fourth-order valence-corrected chi connectivity index (χ4v) is 2.50. The summed E-state index contributed by atoms with van der Waals surface area (Å²) in [6.07, 6.45) is 2.25. The minimum atomic E-state index is -0.465. The molecule has 0 saturated heterocycles. The van der Waals surface area contributed by atoms with Crippen molar-refractivity contribution in [2.45, 2.75) is 13.0 Å². The predicted octanol–water partition coefficient (Wildman–Crippen LogP) is 3.27. The lowest BCUT2D eigenvalue weighted by Gasteiger charge is -2.14. The summed E-state index contributed by atoms with van der Waals surface area (Å²) in [5.41, 5.74) is 1.99. The Labute approximate surface area is 151 Å². The third-order valence-corrected chi connectivity index (χ3v) is 3.78. The van der Waals surface area contributed by atoms with Gasteiger partial charge in [0.05, 0.1) is 19.1 Å². The molecular formula is C19H20N2O5. The van der Waals surface area contributed by atoms with E-state index in [0.29, 0.717) is 23.5 Å². The molecule has 2 rings (SSSR count). The maximum atomic E-state index is 12.5. The lowest BCUT2D eigenvalue weighted by molar-refractivity contribution is -0.384. The summed E-state index contributed by atoms with van der Waals surface area (Å²) in [6, 6.07) is 9.36. The summed E-state index contributed by atoms with van der Waals surface area (Å²) in [6.45, 7) is 3.96. The highest BCUT2D eigenvalue weighted by atomic mass is 16.6. The van der Waals surface area contributed by atoms with Crippen LogP contribution in [-0.4, -0.2) is 25.1 Å². The van der Waals surface area contributed by atoms with Gasteiger partial charge in [0.2, 0.25) is 0 Å². The quantitative estimate of drug-likeness (QED) is 0.445. The van der Waals surface area contributed by atoms with Gasteiger partial charge in [-0.25, -0.2) is 0 Å². The van der Waals surface area contributed by atoms with Crippen molar-refractivity contribution in [1.82, 2.24) is 5.32 Å². The van der Waals surface area contributed by atoms with E-state index in [9.17, 15) is 14.9 Å². The number of hydrogen-bond acceptors (Lipinski definition) is 5. The van der Waals surface area contributed by atoms with Crippen molar-refractivity contribution in [2.24, 2.45) is 0 Å². The van der Waals surface area contributed by atoms with Gasteiger partial charge in [-0.2, -0.15) is 0 Å². The largest absolute Gasteiger partial charge is 0.493 e. The molecule has 0 aliphatic heterocycles. The van der Waals surface area contributed by atoms with Crippen molar-refractivity contribution in [3.63, 3.8) is 0 Å². The van der Waals surface area contributed by atoms with Crippen LogP contribution >= 0.6 is 0 Å². The zero-order valence-electron chi connectivity index (χ0n) is 14.7. The predicted molar refractivity (Wildman–Crippen MR) is 97.7 cm³/mol. The van der Waals surface area contributed by atoms with Crippen molar-refractivity contribution < 1.29 is 19.2 Å². The summed E-state index contributed by atoms with van der Waals surface area (Å²) in [7, 11) is 3.05. The van der Waals surface area contributed by atoms with Gasteiger partial charge in [0.25, 0.3) is 11.6 Å². The summed E-state index contributed by atoms with van der Waals surface area (Å²) >= 11 is 0. The number of hydrogen-bond donors (Lipinski definition) is 1. The molecule has 26 heavy (non-hydrogen) atoms. The first-order chi connectivity index (χ1) is 12.5. The Bertz CT molecular complexity index is 815. The maximum Gasteiger partial charge on any atom is 0.269 e.